The summed E-state index contributed by atoms with van der Waals surface area (Å²) < 4.78 is 19.1. The van der Waals surface area contributed by atoms with Crippen molar-refractivity contribution in [3.8, 4) is 41.2 Å². The van der Waals surface area contributed by atoms with Gasteiger partial charge >= 0.3 is 0 Å². The zero-order valence-corrected chi connectivity index (χ0v) is 20.6. The van der Waals surface area contributed by atoms with Crippen LogP contribution >= 0.6 is 34.8 Å². The number of terminal acetylenes is 1. The Bertz CT molecular complexity index is 1230. The van der Waals surface area contributed by atoms with Gasteiger partial charge in [-0.2, -0.15) is 5.10 Å². The van der Waals surface area contributed by atoms with Gasteiger partial charge in [-0.1, -0.05) is 45.9 Å². The lowest BCUT2D eigenvalue weighted by atomic mass is 10.2. The molecule has 7 nitrogen and oxygen atoms in total. The molecule has 0 amide bonds. The predicted octanol–water partition coefficient (Wildman–Crippen LogP) is 6.65. The first kappa shape index (κ1) is 25.3. The molecule has 0 bridgehead atoms. The van der Waals surface area contributed by atoms with Crippen molar-refractivity contribution in [2.45, 2.75) is 6.92 Å². The van der Waals surface area contributed by atoms with E-state index in [1.54, 1.807) is 54.2 Å². The number of rotatable bonds is 10. The molecule has 0 saturated carbocycles. The fraction of sp³-hybridized carbons (Fsp3) is 0.167. The van der Waals surface area contributed by atoms with Crippen molar-refractivity contribution < 1.29 is 19.0 Å². The average molecular weight is 521 g/mol. The molecule has 0 atom stereocenters. The Morgan fingerprint density at radius 3 is 2.44 bits per heavy atom. The molecule has 3 rings (SSSR count). The quantitative estimate of drug-likeness (QED) is 0.130. The summed E-state index contributed by atoms with van der Waals surface area (Å²) in [5.74, 6) is 5.03. The lowest BCUT2D eigenvalue weighted by Crippen LogP contribution is -1.97. The second-order valence-corrected chi connectivity index (χ2v) is 8.13. The summed E-state index contributed by atoms with van der Waals surface area (Å²) in [6, 6.07) is 12.1. The molecule has 176 valence electrons. The molecule has 2 aromatic carbocycles. The van der Waals surface area contributed by atoms with Crippen molar-refractivity contribution in [3.63, 3.8) is 0 Å². The first-order valence-corrected chi connectivity index (χ1v) is 11.0. The number of hydrogen-bond donors (Lipinski definition) is 0. The van der Waals surface area contributed by atoms with E-state index in [1.807, 2.05) is 6.92 Å². The first-order chi connectivity index (χ1) is 16.4. The molecule has 0 aliphatic carbocycles. The molecule has 0 fully saturated rings. The highest BCUT2D eigenvalue weighted by Crippen LogP contribution is 2.34. The number of ether oxygens (including phenoxy) is 3. The van der Waals surface area contributed by atoms with Crippen LogP contribution in [0.2, 0.25) is 5.02 Å². The van der Waals surface area contributed by atoms with Gasteiger partial charge in [0.05, 0.1) is 22.5 Å². The van der Waals surface area contributed by atoms with E-state index < -0.39 is 0 Å². The smallest absolute Gasteiger partial charge is 0.226 e. The van der Waals surface area contributed by atoms with E-state index in [2.05, 4.69) is 16.2 Å². The lowest BCUT2D eigenvalue weighted by molar-refractivity contribution is 0.181. The van der Waals surface area contributed by atoms with Crippen LogP contribution in [0.5, 0.6) is 28.9 Å². The standard InChI is InChI=1S/C24H20Cl3N3O4/c1-4-12-32-28-15-20-16(2)29-30(3)24(20)34-18-7-5-17(6-8-18)33-22-10-9-19(14-21(22)25)31-13-11-23(26)27/h1,5-11,14-15H,12-13H2,2-3H3. The van der Waals surface area contributed by atoms with E-state index in [4.69, 9.17) is 60.3 Å². The van der Waals surface area contributed by atoms with Gasteiger partial charge in [0.25, 0.3) is 0 Å². The van der Waals surface area contributed by atoms with Gasteiger partial charge in [0, 0.05) is 13.1 Å². The summed E-state index contributed by atoms with van der Waals surface area (Å²) >= 11 is 17.4. The molecule has 0 aliphatic heterocycles. The molecule has 0 saturated heterocycles. The highest BCUT2D eigenvalue weighted by Gasteiger charge is 2.14. The van der Waals surface area contributed by atoms with Crippen molar-refractivity contribution in [2.24, 2.45) is 12.2 Å². The van der Waals surface area contributed by atoms with Gasteiger partial charge in [-0.15, -0.1) is 6.42 Å². The van der Waals surface area contributed by atoms with Gasteiger partial charge < -0.3 is 19.0 Å². The van der Waals surface area contributed by atoms with Crippen LogP contribution in [0.4, 0.5) is 0 Å². The van der Waals surface area contributed by atoms with Crippen molar-refractivity contribution in [1.82, 2.24) is 9.78 Å². The molecule has 0 spiro atoms. The minimum Gasteiger partial charge on any atom is -0.489 e. The van der Waals surface area contributed by atoms with Crippen LogP contribution in [0.3, 0.4) is 0 Å². The first-order valence-electron chi connectivity index (χ1n) is 9.89. The lowest BCUT2D eigenvalue weighted by Gasteiger charge is -2.11. The number of nitrogens with zero attached hydrogens (tertiary/aromatic N) is 3. The Labute approximate surface area is 212 Å². The van der Waals surface area contributed by atoms with Crippen molar-refractivity contribution >= 4 is 41.0 Å². The molecule has 0 unspecified atom stereocenters. The number of oxime groups is 1. The third-order valence-electron chi connectivity index (χ3n) is 4.28. The molecule has 0 aliphatic rings. The number of hydrogen-bond acceptors (Lipinski definition) is 6. The van der Waals surface area contributed by atoms with Crippen LogP contribution < -0.4 is 14.2 Å². The average Bonchev–Trinajstić information content (AvgIpc) is 3.06. The number of benzene rings is 2. The van der Waals surface area contributed by atoms with Gasteiger partial charge in [-0.3, -0.25) is 0 Å². The molecule has 1 heterocycles. The molecular formula is C24H20Cl3N3O4. The largest absolute Gasteiger partial charge is 0.489 e. The molecule has 3 aromatic rings. The topological polar surface area (TPSA) is 67.1 Å². The van der Waals surface area contributed by atoms with Gasteiger partial charge in [-0.25, -0.2) is 4.68 Å². The highest BCUT2D eigenvalue weighted by molar-refractivity contribution is 6.55. The summed E-state index contributed by atoms with van der Waals surface area (Å²) in [6.45, 7) is 2.14. The molecule has 34 heavy (non-hydrogen) atoms. The van der Waals surface area contributed by atoms with Gasteiger partial charge in [0.15, 0.2) is 6.61 Å². The van der Waals surface area contributed by atoms with Gasteiger partial charge in [0.1, 0.15) is 34.1 Å². The second kappa shape index (κ2) is 12.2. The summed E-state index contributed by atoms with van der Waals surface area (Å²) in [6.07, 6.45) is 8.20. The Balaban J connectivity index is 1.67. The van der Waals surface area contributed by atoms with E-state index in [0.717, 1.165) is 5.69 Å². The van der Waals surface area contributed by atoms with E-state index in [0.29, 0.717) is 39.5 Å². The minimum absolute atomic E-state index is 0.0769. The van der Waals surface area contributed by atoms with E-state index in [-0.39, 0.29) is 17.7 Å². The Morgan fingerprint density at radius 2 is 1.79 bits per heavy atom. The zero-order valence-electron chi connectivity index (χ0n) is 18.3. The van der Waals surface area contributed by atoms with Gasteiger partial charge in [-0.05, 0) is 49.4 Å². The predicted molar refractivity (Wildman–Crippen MR) is 134 cm³/mol. The van der Waals surface area contributed by atoms with Crippen molar-refractivity contribution in [1.29, 1.82) is 0 Å². The summed E-state index contributed by atoms with van der Waals surface area (Å²) in [7, 11) is 1.77. The van der Waals surface area contributed by atoms with E-state index in [1.165, 1.54) is 12.3 Å². The van der Waals surface area contributed by atoms with Crippen LogP contribution in [-0.2, 0) is 11.9 Å². The van der Waals surface area contributed by atoms with Crippen LogP contribution in [0.25, 0.3) is 0 Å². The molecule has 0 radical (unpaired) electrons. The van der Waals surface area contributed by atoms with Crippen molar-refractivity contribution in [2.75, 3.05) is 13.2 Å². The summed E-state index contributed by atoms with van der Waals surface area (Å²) in [4.78, 5) is 4.97. The zero-order chi connectivity index (χ0) is 24.5. The van der Waals surface area contributed by atoms with E-state index in [9.17, 15) is 0 Å². The summed E-state index contributed by atoms with van der Waals surface area (Å²) in [5.41, 5.74) is 1.41. The molecule has 10 heteroatoms. The Hall–Kier alpha value is -3.31. The van der Waals surface area contributed by atoms with Crippen LogP contribution in [0.15, 0.2) is 58.2 Å². The fourth-order valence-electron chi connectivity index (χ4n) is 2.76. The molecule has 1 aromatic heterocycles. The fourth-order valence-corrected chi connectivity index (χ4v) is 3.09. The monoisotopic (exact) mass is 519 g/mol. The maximum absolute atomic E-state index is 6.32. The minimum atomic E-state index is 0.0769. The number of halogens is 3. The molecular weight excluding hydrogens is 501 g/mol. The highest BCUT2D eigenvalue weighted by atomic mass is 35.5. The second-order valence-electron chi connectivity index (χ2n) is 6.71. The van der Waals surface area contributed by atoms with E-state index >= 15 is 0 Å². The van der Waals surface area contributed by atoms with Crippen LogP contribution in [-0.4, -0.2) is 29.2 Å². The SMILES string of the molecule is C#CCON=Cc1c(C)nn(C)c1Oc1ccc(Oc2ccc(OCC=C(Cl)Cl)cc2Cl)cc1. The Kier molecular flexibility index (Phi) is 9.11. The van der Waals surface area contributed by atoms with Crippen LogP contribution in [0, 0.1) is 19.3 Å². The third kappa shape index (κ3) is 7.09. The third-order valence-corrected chi connectivity index (χ3v) is 4.88. The normalized spacial score (nSPS) is 10.6. The Morgan fingerprint density at radius 1 is 1.12 bits per heavy atom. The summed E-state index contributed by atoms with van der Waals surface area (Å²) in [5, 5.41) is 8.60. The number of aromatic nitrogens is 2. The maximum Gasteiger partial charge on any atom is 0.226 e. The number of aryl methyl sites for hydroxylation is 2. The van der Waals surface area contributed by atoms with Gasteiger partial charge in [0.2, 0.25) is 5.88 Å². The maximum atomic E-state index is 6.32. The van der Waals surface area contributed by atoms with Crippen LogP contribution in [0.1, 0.15) is 11.3 Å². The van der Waals surface area contributed by atoms with Crippen molar-refractivity contribution in [3.05, 3.63) is 69.3 Å². The molecule has 0 N–H and O–H groups in total.